The zero-order valence-corrected chi connectivity index (χ0v) is 10.4. The highest BCUT2D eigenvalue weighted by Crippen LogP contribution is 2.25. The van der Waals surface area contributed by atoms with Gasteiger partial charge in [0.2, 0.25) is 5.91 Å². The maximum Gasteiger partial charge on any atom is 0.303 e. The maximum absolute atomic E-state index is 11.6. The lowest BCUT2D eigenvalue weighted by Gasteiger charge is -2.20. The summed E-state index contributed by atoms with van der Waals surface area (Å²) in [4.78, 5) is 21.9. The fourth-order valence-corrected chi connectivity index (χ4v) is 2.35. The molecule has 1 rings (SSSR count). The van der Waals surface area contributed by atoms with Crippen LogP contribution in [0.5, 0.6) is 0 Å². The van der Waals surface area contributed by atoms with Gasteiger partial charge in [0, 0.05) is 19.4 Å². The van der Waals surface area contributed by atoms with E-state index in [-0.39, 0.29) is 12.3 Å². The molecule has 0 aliphatic heterocycles. The summed E-state index contributed by atoms with van der Waals surface area (Å²) < 4.78 is 0. The van der Waals surface area contributed by atoms with Gasteiger partial charge in [0.1, 0.15) is 0 Å². The van der Waals surface area contributed by atoms with Crippen molar-refractivity contribution in [3.05, 3.63) is 0 Å². The lowest BCUT2D eigenvalue weighted by molar-refractivity contribution is -0.137. The summed E-state index contributed by atoms with van der Waals surface area (Å²) in [6.07, 6.45) is 8.44. The first-order valence-corrected chi connectivity index (χ1v) is 6.67. The van der Waals surface area contributed by atoms with E-state index < -0.39 is 5.97 Å². The molecule has 4 heteroatoms. The minimum Gasteiger partial charge on any atom is -0.481 e. The highest BCUT2D eigenvalue weighted by Gasteiger charge is 2.16. The van der Waals surface area contributed by atoms with Crippen LogP contribution in [0.15, 0.2) is 0 Å². The van der Waals surface area contributed by atoms with Gasteiger partial charge in [-0.05, 0) is 31.6 Å². The molecule has 0 heterocycles. The Kier molecular flexibility index (Phi) is 6.67. The molecule has 0 spiro atoms. The molecule has 0 aromatic heterocycles. The third-order valence-electron chi connectivity index (χ3n) is 3.34. The monoisotopic (exact) mass is 241 g/mol. The molecule has 1 aliphatic carbocycles. The Morgan fingerprint density at radius 3 is 2.47 bits per heavy atom. The summed E-state index contributed by atoms with van der Waals surface area (Å²) in [5.74, 6) is -0.0615. The topological polar surface area (TPSA) is 66.4 Å². The van der Waals surface area contributed by atoms with Crippen LogP contribution in [-0.4, -0.2) is 23.5 Å². The number of hydrogen-bond donors (Lipinski definition) is 2. The number of amides is 1. The molecule has 0 bridgehead atoms. The van der Waals surface area contributed by atoms with Crippen LogP contribution in [0.2, 0.25) is 0 Å². The van der Waals surface area contributed by atoms with Crippen LogP contribution < -0.4 is 5.32 Å². The van der Waals surface area contributed by atoms with Crippen molar-refractivity contribution in [2.45, 2.75) is 57.8 Å². The molecular formula is C13H23NO3. The van der Waals surface area contributed by atoms with Gasteiger partial charge in [-0.3, -0.25) is 9.59 Å². The fourth-order valence-electron chi connectivity index (χ4n) is 2.35. The number of carboxylic acid groups (broad SMARTS) is 1. The van der Waals surface area contributed by atoms with E-state index in [4.69, 9.17) is 5.11 Å². The lowest BCUT2D eigenvalue weighted by Crippen LogP contribution is -2.27. The predicted molar refractivity (Wildman–Crippen MR) is 65.7 cm³/mol. The Morgan fingerprint density at radius 1 is 1.12 bits per heavy atom. The van der Waals surface area contributed by atoms with E-state index in [1.165, 1.54) is 32.1 Å². The van der Waals surface area contributed by atoms with E-state index in [0.29, 0.717) is 25.3 Å². The number of carbonyl (C=O) groups excluding carboxylic acids is 1. The largest absolute Gasteiger partial charge is 0.481 e. The van der Waals surface area contributed by atoms with Gasteiger partial charge >= 0.3 is 5.97 Å². The molecule has 2 N–H and O–H groups in total. The Balaban J connectivity index is 1.98. The molecule has 17 heavy (non-hydrogen) atoms. The van der Waals surface area contributed by atoms with Crippen molar-refractivity contribution >= 4 is 11.9 Å². The fraction of sp³-hybridized carbons (Fsp3) is 0.846. The van der Waals surface area contributed by atoms with Gasteiger partial charge < -0.3 is 10.4 Å². The standard InChI is InChI=1S/C13H23NO3/c15-12(10-11-6-2-1-3-7-11)14-9-5-4-8-13(16)17/h11H,1-10H2,(H,14,15)(H,16,17). The SMILES string of the molecule is O=C(O)CCCCNC(=O)CC1CCCCC1. The van der Waals surface area contributed by atoms with Gasteiger partial charge in [-0.1, -0.05) is 19.3 Å². The van der Waals surface area contributed by atoms with E-state index in [9.17, 15) is 9.59 Å². The first-order valence-electron chi connectivity index (χ1n) is 6.67. The summed E-state index contributed by atoms with van der Waals surface area (Å²) in [7, 11) is 0. The molecule has 0 atom stereocenters. The van der Waals surface area contributed by atoms with E-state index in [1.807, 2.05) is 0 Å². The lowest BCUT2D eigenvalue weighted by atomic mass is 9.87. The van der Waals surface area contributed by atoms with Crippen molar-refractivity contribution in [3.63, 3.8) is 0 Å². The molecule has 0 aromatic carbocycles. The van der Waals surface area contributed by atoms with Crippen LogP contribution in [0, 0.1) is 5.92 Å². The number of hydrogen-bond acceptors (Lipinski definition) is 2. The minimum absolute atomic E-state index is 0.132. The summed E-state index contributed by atoms with van der Waals surface area (Å²) in [5.41, 5.74) is 0. The first-order chi connectivity index (χ1) is 8.18. The summed E-state index contributed by atoms with van der Waals surface area (Å²) in [5, 5.41) is 11.3. The Labute approximate surface area is 103 Å². The summed E-state index contributed by atoms with van der Waals surface area (Å²) in [6.45, 7) is 0.610. The molecular weight excluding hydrogens is 218 g/mol. The number of carboxylic acids is 1. The van der Waals surface area contributed by atoms with Crippen LogP contribution in [0.1, 0.15) is 57.8 Å². The molecule has 1 saturated carbocycles. The van der Waals surface area contributed by atoms with Gasteiger partial charge in [0.05, 0.1) is 0 Å². The van der Waals surface area contributed by atoms with Crippen molar-refractivity contribution in [3.8, 4) is 0 Å². The number of carbonyl (C=O) groups is 2. The van der Waals surface area contributed by atoms with Crippen LogP contribution in [0.4, 0.5) is 0 Å². The van der Waals surface area contributed by atoms with E-state index >= 15 is 0 Å². The smallest absolute Gasteiger partial charge is 0.303 e. The molecule has 1 amide bonds. The average molecular weight is 241 g/mol. The van der Waals surface area contributed by atoms with Crippen molar-refractivity contribution in [2.75, 3.05) is 6.54 Å². The highest BCUT2D eigenvalue weighted by molar-refractivity contribution is 5.76. The second-order valence-electron chi connectivity index (χ2n) is 4.91. The van der Waals surface area contributed by atoms with Gasteiger partial charge in [-0.15, -0.1) is 0 Å². The van der Waals surface area contributed by atoms with Crippen molar-refractivity contribution in [1.82, 2.24) is 5.32 Å². The second kappa shape index (κ2) is 8.09. The zero-order valence-electron chi connectivity index (χ0n) is 10.4. The second-order valence-corrected chi connectivity index (χ2v) is 4.91. The van der Waals surface area contributed by atoms with Crippen LogP contribution in [0.3, 0.4) is 0 Å². The predicted octanol–water partition coefficient (Wildman–Crippen LogP) is 2.33. The normalized spacial score (nSPS) is 16.7. The third-order valence-corrected chi connectivity index (χ3v) is 3.34. The molecule has 98 valence electrons. The quantitative estimate of drug-likeness (QED) is 0.672. The molecule has 0 radical (unpaired) electrons. The molecule has 0 unspecified atom stereocenters. The molecule has 0 aromatic rings. The number of unbranched alkanes of at least 4 members (excludes halogenated alkanes) is 1. The number of nitrogens with one attached hydrogen (secondary N) is 1. The van der Waals surface area contributed by atoms with E-state index in [1.54, 1.807) is 0 Å². The van der Waals surface area contributed by atoms with Crippen molar-refractivity contribution in [1.29, 1.82) is 0 Å². The maximum atomic E-state index is 11.6. The molecule has 4 nitrogen and oxygen atoms in total. The van der Waals surface area contributed by atoms with Gasteiger partial charge in [-0.25, -0.2) is 0 Å². The van der Waals surface area contributed by atoms with Gasteiger partial charge in [0.25, 0.3) is 0 Å². The minimum atomic E-state index is -0.765. The first kappa shape index (κ1) is 14.0. The molecule has 0 saturated heterocycles. The Morgan fingerprint density at radius 2 is 1.82 bits per heavy atom. The van der Waals surface area contributed by atoms with Gasteiger partial charge in [0.15, 0.2) is 0 Å². The Bertz CT molecular complexity index is 247. The third kappa shape index (κ3) is 6.97. The molecule has 1 fully saturated rings. The van der Waals surface area contributed by atoms with Crippen LogP contribution in [0.25, 0.3) is 0 Å². The average Bonchev–Trinajstić information content (AvgIpc) is 2.29. The molecule has 1 aliphatic rings. The summed E-state index contributed by atoms with van der Waals surface area (Å²) >= 11 is 0. The number of rotatable bonds is 7. The van der Waals surface area contributed by atoms with Crippen molar-refractivity contribution in [2.24, 2.45) is 5.92 Å². The number of aliphatic carboxylic acids is 1. The summed E-state index contributed by atoms with van der Waals surface area (Å²) in [6, 6.07) is 0. The van der Waals surface area contributed by atoms with Gasteiger partial charge in [-0.2, -0.15) is 0 Å². The van der Waals surface area contributed by atoms with E-state index in [0.717, 1.165) is 6.42 Å². The van der Waals surface area contributed by atoms with Crippen LogP contribution >= 0.6 is 0 Å². The Hall–Kier alpha value is -1.06. The highest BCUT2D eigenvalue weighted by atomic mass is 16.4. The van der Waals surface area contributed by atoms with E-state index in [2.05, 4.69) is 5.32 Å². The van der Waals surface area contributed by atoms with Crippen LogP contribution in [-0.2, 0) is 9.59 Å². The zero-order chi connectivity index (χ0) is 12.5. The van der Waals surface area contributed by atoms with Crippen molar-refractivity contribution < 1.29 is 14.7 Å².